The molecule has 4 rings (SSSR count). The molecule has 5 heteroatoms. The summed E-state index contributed by atoms with van der Waals surface area (Å²) in [4.78, 5) is 22.7. The van der Waals surface area contributed by atoms with Crippen LogP contribution in [0, 0.1) is 6.92 Å². The van der Waals surface area contributed by atoms with E-state index in [0.29, 0.717) is 11.6 Å². The van der Waals surface area contributed by atoms with E-state index >= 15 is 0 Å². The Morgan fingerprint density at radius 3 is 2.53 bits per heavy atom. The zero-order chi connectivity index (χ0) is 24.1. The molecule has 0 bridgehead atoms. The van der Waals surface area contributed by atoms with Crippen LogP contribution in [0.1, 0.15) is 48.7 Å². The zero-order valence-corrected chi connectivity index (χ0v) is 20.7. The van der Waals surface area contributed by atoms with Crippen LogP contribution in [-0.4, -0.2) is 47.6 Å². The van der Waals surface area contributed by atoms with E-state index in [9.17, 15) is 4.79 Å². The number of aryl methyl sites for hydroxylation is 1. The van der Waals surface area contributed by atoms with Gasteiger partial charge in [0.15, 0.2) is 0 Å². The fraction of sp³-hybridized carbons (Fsp3) is 0.379. The van der Waals surface area contributed by atoms with E-state index in [1.165, 1.54) is 11.1 Å². The van der Waals surface area contributed by atoms with Crippen LogP contribution in [-0.2, 0) is 11.3 Å². The molecule has 0 amide bonds. The van der Waals surface area contributed by atoms with Crippen LogP contribution in [0.25, 0.3) is 11.1 Å². The molecule has 0 saturated carbocycles. The molecule has 1 saturated heterocycles. The summed E-state index contributed by atoms with van der Waals surface area (Å²) in [6, 6.07) is 21.1. The molecule has 2 aromatic carbocycles. The third-order valence-electron chi connectivity index (χ3n) is 6.45. The highest BCUT2D eigenvalue weighted by Gasteiger charge is 2.32. The molecule has 3 aromatic rings. The maximum absolute atomic E-state index is 13.3. The fourth-order valence-corrected chi connectivity index (χ4v) is 4.68. The van der Waals surface area contributed by atoms with Gasteiger partial charge in [0.1, 0.15) is 11.4 Å². The molecule has 0 N–H and O–H groups in total. The van der Waals surface area contributed by atoms with E-state index in [1.54, 1.807) is 6.20 Å². The highest BCUT2D eigenvalue weighted by Crippen LogP contribution is 2.33. The van der Waals surface area contributed by atoms with Gasteiger partial charge in [0.2, 0.25) is 0 Å². The number of anilines is 1. The Morgan fingerprint density at radius 2 is 1.85 bits per heavy atom. The Morgan fingerprint density at radius 1 is 1.12 bits per heavy atom. The first kappa shape index (κ1) is 24.0. The Balaban J connectivity index is 1.61. The van der Waals surface area contributed by atoms with Crippen molar-refractivity contribution in [2.45, 2.75) is 52.8 Å². The van der Waals surface area contributed by atoms with Crippen molar-refractivity contribution in [1.82, 2.24) is 9.88 Å². The number of esters is 1. The van der Waals surface area contributed by atoms with Gasteiger partial charge in [-0.3, -0.25) is 4.90 Å². The van der Waals surface area contributed by atoms with Gasteiger partial charge in [-0.2, -0.15) is 0 Å². The number of rotatable bonds is 8. The zero-order valence-electron chi connectivity index (χ0n) is 20.7. The molecule has 1 fully saturated rings. The van der Waals surface area contributed by atoms with Gasteiger partial charge in [0.05, 0.1) is 6.10 Å². The molecular weight excluding hydrogens is 422 g/mol. The van der Waals surface area contributed by atoms with Gasteiger partial charge < -0.3 is 9.64 Å². The summed E-state index contributed by atoms with van der Waals surface area (Å²) in [6.45, 7) is 11.7. The molecule has 178 valence electrons. The first-order valence-electron chi connectivity index (χ1n) is 12.3. The van der Waals surface area contributed by atoms with Gasteiger partial charge in [-0.25, -0.2) is 9.78 Å². The first-order valence-corrected chi connectivity index (χ1v) is 12.3. The molecular formula is C29H35N3O2. The average Bonchev–Trinajstić information content (AvgIpc) is 3.33. The van der Waals surface area contributed by atoms with Crippen molar-refractivity contribution in [3.05, 3.63) is 83.6 Å². The predicted octanol–water partition coefficient (Wildman–Crippen LogP) is 5.72. The fourth-order valence-electron chi connectivity index (χ4n) is 4.68. The monoisotopic (exact) mass is 457 g/mol. The summed E-state index contributed by atoms with van der Waals surface area (Å²) in [5, 5.41) is 0. The van der Waals surface area contributed by atoms with Crippen molar-refractivity contribution in [3.8, 4) is 11.1 Å². The molecule has 0 radical (unpaired) electrons. The van der Waals surface area contributed by atoms with E-state index in [-0.39, 0.29) is 12.1 Å². The maximum atomic E-state index is 13.3. The summed E-state index contributed by atoms with van der Waals surface area (Å²) in [5.74, 6) is 0.410. The van der Waals surface area contributed by atoms with Crippen molar-refractivity contribution >= 4 is 11.8 Å². The Labute approximate surface area is 203 Å². The second kappa shape index (κ2) is 10.8. The van der Waals surface area contributed by atoms with Crippen molar-refractivity contribution in [3.63, 3.8) is 0 Å². The number of aromatic nitrogens is 1. The molecule has 1 aliphatic heterocycles. The van der Waals surface area contributed by atoms with Crippen molar-refractivity contribution in [1.29, 1.82) is 0 Å². The highest BCUT2D eigenvalue weighted by atomic mass is 16.5. The molecule has 0 aliphatic carbocycles. The molecule has 5 nitrogen and oxygen atoms in total. The van der Waals surface area contributed by atoms with Gasteiger partial charge in [-0.15, -0.1) is 0 Å². The van der Waals surface area contributed by atoms with Crippen LogP contribution in [0.15, 0.2) is 66.9 Å². The lowest BCUT2D eigenvalue weighted by Gasteiger charge is -2.28. The molecule has 1 unspecified atom stereocenters. The lowest BCUT2D eigenvalue weighted by atomic mass is 10.0. The maximum Gasteiger partial charge on any atom is 0.342 e. The largest absolute Gasteiger partial charge is 0.459 e. The van der Waals surface area contributed by atoms with Crippen LogP contribution >= 0.6 is 0 Å². The number of likely N-dealkylation sites (N-methyl/N-ethyl adjacent to an activating group) is 1. The van der Waals surface area contributed by atoms with Crippen LogP contribution in [0.2, 0.25) is 0 Å². The topological polar surface area (TPSA) is 45.7 Å². The lowest BCUT2D eigenvalue weighted by Crippen LogP contribution is -2.37. The summed E-state index contributed by atoms with van der Waals surface area (Å²) < 4.78 is 5.67. The van der Waals surface area contributed by atoms with Crippen molar-refractivity contribution < 1.29 is 9.53 Å². The molecule has 1 atom stereocenters. The number of ether oxygens (including phenoxy) is 1. The third-order valence-corrected chi connectivity index (χ3v) is 6.45. The number of carbonyl (C=O) groups excluding carboxylic acids is 1. The molecule has 2 heterocycles. The van der Waals surface area contributed by atoms with E-state index < -0.39 is 0 Å². The number of benzene rings is 2. The summed E-state index contributed by atoms with van der Waals surface area (Å²) in [6.07, 6.45) is 2.65. The quantitative estimate of drug-likeness (QED) is 0.405. The second-order valence-electron chi connectivity index (χ2n) is 9.31. The summed E-state index contributed by atoms with van der Waals surface area (Å²) >= 11 is 0. The summed E-state index contributed by atoms with van der Waals surface area (Å²) in [7, 11) is 0. The lowest BCUT2D eigenvalue weighted by molar-refractivity contribution is 0.0379. The molecule has 34 heavy (non-hydrogen) atoms. The van der Waals surface area contributed by atoms with E-state index in [4.69, 9.17) is 9.72 Å². The Kier molecular flexibility index (Phi) is 7.63. The van der Waals surface area contributed by atoms with Gasteiger partial charge >= 0.3 is 5.97 Å². The Hall–Kier alpha value is -3.18. The van der Waals surface area contributed by atoms with E-state index in [1.807, 2.05) is 50.2 Å². The van der Waals surface area contributed by atoms with E-state index in [0.717, 1.165) is 49.5 Å². The number of hydrogen-bond donors (Lipinski definition) is 0. The van der Waals surface area contributed by atoms with E-state index in [2.05, 4.69) is 47.9 Å². The number of nitrogens with zero attached hydrogens (tertiary/aromatic N) is 3. The molecule has 1 aliphatic rings. The van der Waals surface area contributed by atoms with Gasteiger partial charge in [0.25, 0.3) is 0 Å². The predicted molar refractivity (Wildman–Crippen MR) is 138 cm³/mol. The van der Waals surface area contributed by atoms with Crippen molar-refractivity contribution in [2.75, 3.05) is 24.5 Å². The number of pyridine rings is 1. The molecule has 0 spiro atoms. The highest BCUT2D eigenvalue weighted by molar-refractivity contribution is 6.02. The standard InChI is InChI=1S/C29H35N3O2/c1-5-31(19-23-13-11-22(4)12-14-23)25-16-18-32(20-25)28-27(29(33)34-21(2)3)26(15-17-30-28)24-9-7-6-8-10-24/h6-15,17,21,25H,5,16,18-20H2,1-4H3. The minimum absolute atomic E-state index is 0.194. The SMILES string of the molecule is CCN(Cc1ccc(C)cc1)C1CCN(c2nccc(-c3ccccc3)c2C(=O)OC(C)C)C1. The van der Waals surface area contributed by atoms with Gasteiger partial charge in [-0.05, 0) is 50.9 Å². The van der Waals surface area contributed by atoms with Crippen LogP contribution < -0.4 is 4.90 Å². The average molecular weight is 458 g/mol. The minimum Gasteiger partial charge on any atom is -0.459 e. The number of carbonyl (C=O) groups is 1. The smallest absolute Gasteiger partial charge is 0.342 e. The van der Waals surface area contributed by atoms with Crippen molar-refractivity contribution in [2.24, 2.45) is 0 Å². The normalized spacial score (nSPS) is 15.8. The Bertz CT molecular complexity index is 1100. The molecule has 1 aromatic heterocycles. The minimum atomic E-state index is -0.313. The third kappa shape index (κ3) is 5.48. The van der Waals surface area contributed by atoms with Gasteiger partial charge in [0, 0.05) is 37.4 Å². The second-order valence-corrected chi connectivity index (χ2v) is 9.31. The number of hydrogen-bond acceptors (Lipinski definition) is 5. The van der Waals surface area contributed by atoms with Crippen LogP contribution in [0.5, 0.6) is 0 Å². The van der Waals surface area contributed by atoms with Crippen LogP contribution in [0.3, 0.4) is 0 Å². The van der Waals surface area contributed by atoms with Gasteiger partial charge in [-0.1, -0.05) is 67.1 Å². The van der Waals surface area contributed by atoms with Crippen LogP contribution in [0.4, 0.5) is 5.82 Å². The summed E-state index contributed by atoms with van der Waals surface area (Å²) in [5.41, 5.74) is 5.03. The first-order chi connectivity index (χ1) is 16.5.